The van der Waals surface area contributed by atoms with Gasteiger partial charge >= 0.3 is 0 Å². The topological polar surface area (TPSA) is 61.3 Å². The maximum absolute atomic E-state index is 4.54. The first-order valence-electron chi connectivity index (χ1n) is 8.83. The molecule has 0 atom stereocenters. The van der Waals surface area contributed by atoms with Gasteiger partial charge in [0.15, 0.2) is 0 Å². The van der Waals surface area contributed by atoms with E-state index in [1.54, 1.807) is 6.33 Å². The van der Waals surface area contributed by atoms with Gasteiger partial charge in [0.25, 0.3) is 0 Å². The second-order valence-electron chi connectivity index (χ2n) is 6.77. The molecule has 0 radical (unpaired) electrons. The second-order valence-corrected chi connectivity index (χ2v) is 6.77. The quantitative estimate of drug-likeness (QED) is 0.718. The minimum absolute atomic E-state index is 0.825. The summed E-state index contributed by atoms with van der Waals surface area (Å²) < 4.78 is 0. The van der Waals surface area contributed by atoms with E-state index >= 15 is 0 Å². The summed E-state index contributed by atoms with van der Waals surface area (Å²) in [6.07, 6.45) is 3.45. The van der Waals surface area contributed by atoms with Crippen LogP contribution in [-0.2, 0) is 0 Å². The molecule has 3 heterocycles. The first-order chi connectivity index (χ1) is 12.6. The highest BCUT2D eigenvalue weighted by Crippen LogP contribution is 2.27. The second kappa shape index (κ2) is 6.74. The van der Waals surface area contributed by atoms with Gasteiger partial charge in [-0.15, -0.1) is 0 Å². The molecule has 0 bridgehead atoms. The van der Waals surface area contributed by atoms with Gasteiger partial charge < -0.3 is 14.7 Å². The van der Waals surface area contributed by atoms with Crippen LogP contribution < -0.4 is 14.7 Å². The largest absolute Gasteiger partial charge is 0.368 e. The molecule has 3 aromatic rings. The number of rotatable bonds is 3. The summed E-state index contributed by atoms with van der Waals surface area (Å²) >= 11 is 0. The van der Waals surface area contributed by atoms with Crippen LogP contribution in [0.5, 0.6) is 0 Å². The summed E-state index contributed by atoms with van der Waals surface area (Å²) in [6, 6.07) is 8.35. The van der Waals surface area contributed by atoms with Gasteiger partial charge in [0, 0.05) is 63.2 Å². The lowest BCUT2D eigenvalue weighted by Gasteiger charge is -2.36. The maximum atomic E-state index is 4.54. The van der Waals surface area contributed by atoms with Crippen LogP contribution in [0.4, 0.5) is 17.5 Å². The molecule has 0 aliphatic carbocycles. The maximum Gasteiger partial charge on any atom is 0.225 e. The molecule has 0 saturated carbocycles. The molecule has 0 spiro atoms. The summed E-state index contributed by atoms with van der Waals surface area (Å²) in [5, 5.41) is 1.08. The average Bonchev–Trinajstić information content (AvgIpc) is 2.67. The van der Waals surface area contributed by atoms with Crippen molar-refractivity contribution in [3.05, 3.63) is 42.5 Å². The van der Waals surface area contributed by atoms with Crippen molar-refractivity contribution in [2.45, 2.75) is 6.92 Å². The van der Waals surface area contributed by atoms with Crippen molar-refractivity contribution in [1.82, 2.24) is 19.9 Å². The van der Waals surface area contributed by atoms with Gasteiger partial charge in [-0.25, -0.2) is 19.9 Å². The van der Waals surface area contributed by atoms with Crippen molar-refractivity contribution in [2.24, 2.45) is 0 Å². The fourth-order valence-electron chi connectivity index (χ4n) is 3.34. The number of hydrogen-bond donors (Lipinski definition) is 0. The average molecular weight is 349 g/mol. The van der Waals surface area contributed by atoms with Crippen LogP contribution in [0.3, 0.4) is 0 Å². The summed E-state index contributed by atoms with van der Waals surface area (Å²) in [7, 11) is 4.02. The molecule has 0 unspecified atom stereocenters. The lowest BCUT2D eigenvalue weighted by molar-refractivity contribution is 0.639. The van der Waals surface area contributed by atoms with Crippen LogP contribution in [0.25, 0.3) is 10.9 Å². The van der Waals surface area contributed by atoms with Gasteiger partial charge in [-0.2, -0.15) is 0 Å². The van der Waals surface area contributed by atoms with Crippen LogP contribution in [0.1, 0.15) is 5.69 Å². The molecule has 1 aromatic carbocycles. The lowest BCUT2D eigenvalue weighted by atomic mass is 10.1. The Balaban J connectivity index is 1.55. The number of fused-ring (bicyclic) bond motifs is 1. The Morgan fingerprint density at radius 3 is 2.42 bits per heavy atom. The van der Waals surface area contributed by atoms with E-state index in [2.05, 4.69) is 47.9 Å². The molecule has 1 aliphatic rings. The Bertz CT molecular complexity index is 917. The van der Waals surface area contributed by atoms with Crippen molar-refractivity contribution in [3.63, 3.8) is 0 Å². The SMILES string of the molecule is Cc1ccnc(N2CCN(c3ccc4ncnc(N(C)C)c4c3)CC2)n1. The zero-order valence-electron chi connectivity index (χ0n) is 15.4. The highest BCUT2D eigenvalue weighted by atomic mass is 15.3. The molecule has 1 saturated heterocycles. The third kappa shape index (κ3) is 3.12. The van der Waals surface area contributed by atoms with E-state index in [1.807, 2.05) is 38.2 Å². The van der Waals surface area contributed by atoms with Crippen molar-refractivity contribution >= 4 is 28.4 Å². The molecule has 7 heteroatoms. The van der Waals surface area contributed by atoms with Gasteiger partial charge in [-0.05, 0) is 31.2 Å². The molecule has 2 aromatic heterocycles. The van der Waals surface area contributed by atoms with Gasteiger partial charge in [0.2, 0.25) is 5.95 Å². The standard InChI is InChI=1S/C19H23N7/c1-14-6-7-20-19(23-14)26-10-8-25(9-11-26)15-4-5-17-16(12-15)18(24(2)3)22-13-21-17/h4-7,12-13H,8-11H2,1-3H3. The van der Waals surface area contributed by atoms with Crippen LogP contribution >= 0.6 is 0 Å². The Morgan fingerprint density at radius 2 is 1.69 bits per heavy atom. The molecule has 0 amide bonds. The van der Waals surface area contributed by atoms with E-state index in [9.17, 15) is 0 Å². The van der Waals surface area contributed by atoms with Crippen molar-refractivity contribution in [3.8, 4) is 0 Å². The Hall–Kier alpha value is -2.96. The summed E-state index contributed by atoms with van der Waals surface area (Å²) in [6.45, 7) is 5.70. The van der Waals surface area contributed by atoms with E-state index < -0.39 is 0 Å². The third-order valence-electron chi connectivity index (χ3n) is 4.73. The molecule has 4 rings (SSSR count). The number of benzene rings is 1. The molecular weight excluding hydrogens is 326 g/mol. The Kier molecular flexibility index (Phi) is 4.28. The monoisotopic (exact) mass is 349 g/mol. The predicted molar refractivity (Wildman–Crippen MR) is 105 cm³/mol. The Labute approximate surface area is 153 Å². The van der Waals surface area contributed by atoms with Crippen LogP contribution in [0, 0.1) is 6.92 Å². The number of aryl methyl sites for hydroxylation is 1. The van der Waals surface area contributed by atoms with Crippen molar-refractivity contribution in [1.29, 1.82) is 0 Å². The number of anilines is 3. The lowest BCUT2D eigenvalue weighted by Crippen LogP contribution is -2.47. The van der Waals surface area contributed by atoms with Crippen LogP contribution in [-0.4, -0.2) is 60.2 Å². The van der Waals surface area contributed by atoms with Gasteiger partial charge in [0.1, 0.15) is 12.1 Å². The first kappa shape index (κ1) is 16.5. The summed E-state index contributed by atoms with van der Waals surface area (Å²) in [5.41, 5.74) is 3.18. The molecule has 26 heavy (non-hydrogen) atoms. The van der Waals surface area contributed by atoms with E-state index in [4.69, 9.17) is 0 Å². The van der Waals surface area contributed by atoms with Gasteiger partial charge in [-0.1, -0.05) is 0 Å². The smallest absolute Gasteiger partial charge is 0.225 e. The van der Waals surface area contributed by atoms with Crippen molar-refractivity contribution < 1.29 is 0 Å². The highest BCUT2D eigenvalue weighted by Gasteiger charge is 2.20. The normalized spacial score (nSPS) is 14.7. The molecule has 1 aliphatic heterocycles. The first-order valence-corrected chi connectivity index (χ1v) is 8.83. The molecular formula is C19H23N7. The molecule has 134 valence electrons. The third-order valence-corrected chi connectivity index (χ3v) is 4.73. The van der Waals surface area contributed by atoms with E-state index in [-0.39, 0.29) is 0 Å². The molecule has 0 N–H and O–H groups in total. The zero-order valence-corrected chi connectivity index (χ0v) is 15.4. The van der Waals surface area contributed by atoms with E-state index in [1.165, 1.54) is 5.69 Å². The number of hydrogen-bond acceptors (Lipinski definition) is 7. The number of piperazine rings is 1. The van der Waals surface area contributed by atoms with Gasteiger partial charge in [0.05, 0.1) is 5.52 Å². The van der Waals surface area contributed by atoms with E-state index in [0.717, 1.165) is 54.5 Å². The van der Waals surface area contributed by atoms with Gasteiger partial charge in [-0.3, -0.25) is 0 Å². The fraction of sp³-hybridized carbons (Fsp3) is 0.368. The zero-order chi connectivity index (χ0) is 18.1. The molecule has 7 nitrogen and oxygen atoms in total. The van der Waals surface area contributed by atoms with Crippen LogP contribution in [0.2, 0.25) is 0 Å². The minimum Gasteiger partial charge on any atom is -0.368 e. The Morgan fingerprint density at radius 1 is 0.923 bits per heavy atom. The fourth-order valence-corrected chi connectivity index (χ4v) is 3.34. The van der Waals surface area contributed by atoms with Crippen molar-refractivity contribution in [2.75, 3.05) is 55.0 Å². The highest BCUT2D eigenvalue weighted by molar-refractivity contribution is 5.91. The number of nitrogens with zero attached hydrogens (tertiary/aromatic N) is 7. The number of aromatic nitrogens is 4. The van der Waals surface area contributed by atoms with E-state index in [0.29, 0.717) is 0 Å². The summed E-state index contributed by atoms with van der Waals surface area (Å²) in [4.78, 5) is 24.4. The summed E-state index contributed by atoms with van der Waals surface area (Å²) in [5.74, 6) is 1.77. The van der Waals surface area contributed by atoms with Crippen LogP contribution in [0.15, 0.2) is 36.8 Å². The predicted octanol–water partition coefficient (Wildman–Crippen LogP) is 2.12. The molecule has 1 fully saturated rings. The minimum atomic E-state index is 0.825.